The van der Waals surface area contributed by atoms with Crippen molar-refractivity contribution in [2.75, 3.05) is 19.8 Å². The van der Waals surface area contributed by atoms with Gasteiger partial charge in [0.05, 0.1) is 34.7 Å². The summed E-state index contributed by atoms with van der Waals surface area (Å²) < 4.78 is 53.4. The van der Waals surface area contributed by atoms with Gasteiger partial charge < -0.3 is 25.4 Å². The zero-order chi connectivity index (χ0) is 38.0. The molecule has 3 amide bonds. The summed E-state index contributed by atoms with van der Waals surface area (Å²) in [5.74, 6) is -1.49. The Morgan fingerprint density at radius 2 is 1.77 bits per heavy atom. The van der Waals surface area contributed by atoms with Crippen LogP contribution in [0.4, 0.5) is 13.2 Å². The zero-order valence-electron chi connectivity index (χ0n) is 27.8. The van der Waals surface area contributed by atoms with E-state index in [0.717, 1.165) is 4.57 Å². The number of rotatable bonds is 11. The van der Waals surface area contributed by atoms with Crippen LogP contribution >= 0.6 is 27.5 Å². The van der Waals surface area contributed by atoms with Gasteiger partial charge in [-0.1, -0.05) is 17.7 Å². The Hall–Kier alpha value is -5.55. The van der Waals surface area contributed by atoms with Gasteiger partial charge in [0.1, 0.15) is 17.2 Å². The summed E-state index contributed by atoms with van der Waals surface area (Å²) in [5.41, 5.74) is 6.39. The summed E-state index contributed by atoms with van der Waals surface area (Å²) in [6, 6.07) is 15.9. The number of amides is 3. The molecule has 1 atom stereocenters. The molecular formula is C35H30BrClF3N7O6. The van der Waals surface area contributed by atoms with Crippen LogP contribution in [0.15, 0.2) is 88.4 Å². The highest BCUT2D eigenvalue weighted by atomic mass is 79.9. The number of nitrogens with two attached hydrogens (primary N) is 1. The first kappa shape index (κ1) is 37.2. The third kappa shape index (κ3) is 8.25. The summed E-state index contributed by atoms with van der Waals surface area (Å²) in [6.07, 6.45) is -1.32. The number of aromatic nitrogens is 4. The summed E-state index contributed by atoms with van der Waals surface area (Å²) in [7, 11) is 0. The first-order valence-electron chi connectivity index (χ1n) is 15.9. The van der Waals surface area contributed by atoms with Crippen molar-refractivity contribution in [3.63, 3.8) is 0 Å². The molecule has 3 aromatic carbocycles. The SMILES string of the molecule is C[C@H](NC(=O)c1c2n(c(=O)n1-c1ccc(OCC(F)(F)F)cc1)CCN(C(=O)c1ccc(Br)c(Cl)c1)C2)c1ccc(OCC(N)=O)cc1-n1cccn1. The molecule has 0 fully saturated rings. The van der Waals surface area contributed by atoms with E-state index in [0.29, 0.717) is 32.1 Å². The van der Waals surface area contributed by atoms with Crippen LogP contribution in [0.1, 0.15) is 45.1 Å². The molecule has 0 saturated carbocycles. The number of ether oxygens (including phenoxy) is 2. The zero-order valence-corrected chi connectivity index (χ0v) is 30.1. The summed E-state index contributed by atoms with van der Waals surface area (Å²) in [5, 5.41) is 7.58. The number of halogens is 5. The molecule has 0 aliphatic carbocycles. The number of benzene rings is 3. The second-order valence-corrected chi connectivity index (χ2v) is 13.2. The standard InChI is InChI=1S/C35H30BrClF3N7O6/c1-20(25-9-8-24(52-18-30(41)48)16-28(25)46-12-2-11-42-46)43-32(49)31-29-17-44(33(50)21-3-10-26(36)27(37)15-21)13-14-45(29)34(51)47(31)22-4-6-23(7-5-22)53-19-35(38,39)40/h2-12,15-16,20H,13-14,17-19H2,1H3,(H2,41,48)(H,43,49)/t20-/m0/s1. The molecule has 53 heavy (non-hydrogen) atoms. The number of fused-ring (bicyclic) bond motifs is 1. The smallest absolute Gasteiger partial charge is 0.422 e. The summed E-state index contributed by atoms with van der Waals surface area (Å²) in [6.45, 7) is -0.0769. The molecule has 0 saturated heterocycles. The first-order chi connectivity index (χ1) is 25.2. The van der Waals surface area contributed by atoms with E-state index in [1.165, 1.54) is 39.8 Å². The van der Waals surface area contributed by atoms with Crippen LogP contribution in [-0.2, 0) is 17.9 Å². The number of hydrogen-bond donors (Lipinski definition) is 2. The molecule has 1 aliphatic rings. The van der Waals surface area contributed by atoms with E-state index in [9.17, 15) is 32.3 Å². The van der Waals surface area contributed by atoms with E-state index < -0.39 is 36.3 Å². The lowest BCUT2D eigenvalue weighted by Crippen LogP contribution is -2.41. The first-order valence-corrected chi connectivity index (χ1v) is 17.1. The maximum absolute atomic E-state index is 14.4. The van der Waals surface area contributed by atoms with Gasteiger partial charge in [-0.25, -0.2) is 9.48 Å². The molecule has 0 spiro atoms. The summed E-state index contributed by atoms with van der Waals surface area (Å²) in [4.78, 5) is 54.8. The van der Waals surface area contributed by atoms with Gasteiger partial charge in [0.2, 0.25) is 0 Å². The minimum Gasteiger partial charge on any atom is -0.484 e. The van der Waals surface area contributed by atoms with Gasteiger partial charge in [0.15, 0.2) is 13.2 Å². The van der Waals surface area contributed by atoms with Crippen molar-refractivity contribution in [3.05, 3.63) is 122 Å². The molecule has 6 rings (SSSR count). The molecule has 18 heteroatoms. The number of carbonyl (C=O) groups is 3. The van der Waals surface area contributed by atoms with Gasteiger partial charge in [-0.3, -0.25) is 23.5 Å². The Balaban J connectivity index is 1.38. The second kappa shape index (κ2) is 15.2. The molecule has 1 aliphatic heterocycles. The normalized spacial score (nSPS) is 13.3. The molecule has 2 aromatic heterocycles. The highest BCUT2D eigenvalue weighted by Gasteiger charge is 2.33. The Labute approximate surface area is 312 Å². The molecule has 13 nitrogen and oxygen atoms in total. The van der Waals surface area contributed by atoms with Crippen molar-refractivity contribution in [1.29, 1.82) is 0 Å². The fourth-order valence-electron chi connectivity index (χ4n) is 5.86. The predicted molar refractivity (Wildman–Crippen MR) is 190 cm³/mol. The largest absolute Gasteiger partial charge is 0.484 e. The lowest BCUT2D eigenvalue weighted by Gasteiger charge is -2.28. The van der Waals surface area contributed by atoms with Crippen LogP contribution in [0.5, 0.6) is 11.5 Å². The van der Waals surface area contributed by atoms with Gasteiger partial charge >= 0.3 is 11.9 Å². The van der Waals surface area contributed by atoms with Gasteiger partial charge in [0, 0.05) is 47.1 Å². The van der Waals surface area contributed by atoms with E-state index in [4.69, 9.17) is 26.8 Å². The maximum atomic E-state index is 14.4. The number of hydrogen-bond acceptors (Lipinski definition) is 7. The number of alkyl halides is 3. The third-order valence-corrected chi connectivity index (χ3v) is 9.53. The van der Waals surface area contributed by atoms with Crippen LogP contribution < -0.4 is 26.2 Å². The quantitative estimate of drug-likeness (QED) is 0.186. The third-order valence-electron chi connectivity index (χ3n) is 8.29. The van der Waals surface area contributed by atoms with Crippen molar-refractivity contribution < 1.29 is 37.0 Å². The topological polar surface area (TPSA) is 156 Å². The Morgan fingerprint density at radius 3 is 2.43 bits per heavy atom. The van der Waals surface area contributed by atoms with Gasteiger partial charge in [-0.2, -0.15) is 18.3 Å². The fourth-order valence-corrected chi connectivity index (χ4v) is 6.29. The molecule has 0 unspecified atom stereocenters. The monoisotopic (exact) mass is 815 g/mol. The predicted octanol–water partition coefficient (Wildman–Crippen LogP) is 5.19. The summed E-state index contributed by atoms with van der Waals surface area (Å²) >= 11 is 9.57. The van der Waals surface area contributed by atoms with Crippen molar-refractivity contribution in [2.45, 2.75) is 32.2 Å². The number of imidazole rings is 1. The average molecular weight is 817 g/mol. The van der Waals surface area contributed by atoms with Crippen molar-refractivity contribution >= 4 is 45.3 Å². The maximum Gasteiger partial charge on any atom is 0.422 e. The van der Waals surface area contributed by atoms with E-state index in [2.05, 4.69) is 26.3 Å². The van der Waals surface area contributed by atoms with E-state index in [1.807, 2.05) is 0 Å². The van der Waals surface area contributed by atoms with Crippen LogP contribution in [0, 0.1) is 0 Å². The van der Waals surface area contributed by atoms with Crippen LogP contribution in [0.25, 0.3) is 11.4 Å². The van der Waals surface area contributed by atoms with Gasteiger partial charge in [-0.15, -0.1) is 0 Å². The van der Waals surface area contributed by atoms with E-state index in [-0.39, 0.29) is 55.0 Å². The lowest BCUT2D eigenvalue weighted by atomic mass is 10.0. The molecular weight excluding hydrogens is 787 g/mol. The van der Waals surface area contributed by atoms with Crippen molar-refractivity contribution in [2.24, 2.45) is 5.73 Å². The Kier molecular flexibility index (Phi) is 10.7. The van der Waals surface area contributed by atoms with Crippen LogP contribution in [0.3, 0.4) is 0 Å². The number of carbonyl (C=O) groups excluding carboxylic acids is 3. The van der Waals surface area contributed by atoms with E-state index >= 15 is 0 Å². The van der Waals surface area contributed by atoms with E-state index in [1.54, 1.807) is 60.4 Å². The molecule has 0 radical (unpaired) electrons. The lowest BCUT2D eigenvalue weighted by molar-refractivity contribution is -0.153. The van der Waals surface area contributed by atoms with Crippen molar-refractivity contribution in [1.82, 2.24) is 29.1 Å². The Bertz CT molecular complexity index is 2240. The molecule has 3 N–H and O–H groups in total. The number of nitrogens with one attached hydrogen (secondary N) is 1. The molecule has 276 valence electrons. The molecule has 0 bridgehead atoms. The highest BCUT2D eigenvalue weighted by molar-refractivity contribution is 9.10. The second-order valence-electron chi connectivity index (χ2n) is 11.9. The average Bonchev–Trinajstić information content (AvgIpc) is 3.77. The van der Waals surface area contributed by atoms with Crippen LogP contribution in [-0.4, -0.2) is 67.5 Å². The molecule has 3 heterocycles. The van der Waals surface area contributed by atoms with Gasteiger partial charge in [0.25, 0.3) is 17.7 Å². The minimum absolute atomic E-state index is 0.0516. The fraction of sp³-hybridized carbons (Fsp3) is 0.229. The van der Waals surface area contributed by atoms with Crippen molar-refractivity contribution in [3.8, 4) is 22.9 Å². The minimum atomic E-state index is -4.56. The Morgan fingerprint density at radius 1 is 1.04 bits per heavy atom. The highest BCUT2D eigenvalue weighted by Crippen LogP contribution is 2.29. The number of primary amides is 1. The van der Waals surface area contributed by atoms with Crippen LogP contribution in [0.2, 0.25) is 5.02 Å². The number of nitrogens with zero attached hydrogens (tertiary/aromatic N) is 5. The van der Waals surface area contributed by atoms with Gasteiger partial charge in [-0.05, 0) is 77.5 Å². The molecule has 5 aromatic rings.